The monoisotopic (exact) mass is 455 g/mol. The van der Waals surface area contributed by atoms with Crippen LogP contribution in [0, 0.1) is 11.8 Å². The van der Waals surface area contributed by atoms with E-state index in [4.69, 9.17) is 16.3 Å². The van der Waals surface area contributed by atoms with Crippen LogP contribution in [-0.2, 0) is 4.79 Å². The molecule has 32 heavy (non-hydrogen) atoms. The van der Waals surface area contributed by atoms with Gasteiger partial charge in [0.1, 0.15) is 5.75 Å². The number of aliphatic carboxylic acids is 1. The van der Waals surface area contributed by atoms with Crippen LogP contribution in [0.4, 0.5) is 0 Å². The lowest BCUT2D eigenvalue weighted by Gasteiger charge is -2.41. The minimum Gasteiger partial charge on any atom is -0.489 e. The van der Waals surface area contributed by atoms with Crippen LogP contribution in [0.2, 0.25) is 5.02 Å². The average Bonchev–Trinajstić information content (AvgIpc) is 3.05. The Balaban J connectivity index is 1.34. The molecule has 0 radical (unpaired) electrons. The van der Waals surface area contributed by atoms with Crippen LogP contribution in [-0.4, -0.2) is 34.2 Å². The molecule has 2 heterocycles. The first kappa shape index (κ1) is 22.0. The Morgan fingerprint density at radius 1 is 1.06 bits per heavy atom. The molecule has 172 valence electrons. The first-order chi connectivity index (χ1) is 15.4. The lowest BCUT2D eigenvalue weighted by Crippen LogP contribution is -2.45. The van der Waals surface area contributed by atoms with Gasteiger partial charge in [0.05, 0.1) is 17.0 Å². The molecule has 2 bridgehead atoms. The van der Waals surface area contributed by atoms with Crippen LogP contribution in [0.5, 0.6) is 5.75 Å². The van der Waals surface area contributed by atoms with Gasteiger partial charge in [0, 0.05) is 23.5 Å². The highest BCUT2D eigenvalue weighted by atomic mass is 35.5. The van der Waals surface area contributed by atoms with Gasteiger partial charge in [-0.1, -0.05) is 36.7 Å². The van der Waals surface area contributed by atoms with Crippen molar-refractivity contribution in [2.45, 2.75) is 89.4 Å². The Labute approximate surface area is 195 Å². The topological polar surface area (TPSA) is 49.8 Å². The quantitative estimate of drug-likeness (QED) is 0.536. The minimum atomic E-state index is -0.629. The van der Waals surface area contributed by atoms with Crippen molar-refractivity contribution in [2.75, 3.05) is 0 Å². The number of carboxylic acid groups (broad SMARTS) is 1. The standard InChI is InChI=1S/C27H34ClNO3/c1-16-3-9-23(10-4-16)32-25-12-6-19-13-18(5-11-24(19)26(25)28)17(2)29-21-7-8-22(29)15-20(14-21)27(30)31/h5-6,11-13,16-17,20-23H,3-4,7-10,14-15H2,1-2H3,(H,30,31). The number of hydrogen-bond donors (Lipinski definition) is 1. The van der Waals surface area contributed by atoms with Crippen LogP contribution in [0.1, 0.15) is 76.8 Å². The van der Waals surface area contributed by atoms with Crippen molar-refractivity contribution in [1.82, 2.24) is 4.90 Å². The van der Waals surface area contributed by atoms with Crippen LogP contribution < -0.4 is 4.74 Å². The van der Waals surface area contributed by atoms with Gasteiger partial charge in [-0.15, -0.1) is 0 Å². The van der Waals surface area contributed by atoms with Crippen molar-refractivity contribution in [3.05, 3.63) is 40.9 Å². The van der Waals surface area contributed by atoms with Crippen LogP contribution in [0.15, 0.2) is 30.3 Å². The molecule has 1 aliphatic carbocycles. The predicted octanol–water partition coefficient (Wildman–Crippen LogP) is 6.84. The Kier molecular flexibility index (Phi) is 6.11. The van der Waals surface area contributed by atoms with Gasteiger partial charge in [-0.25, -0.2) is 0 Å². The molecule has 5 heteroatoms. The largest absolute Gasteiger partial charge is 0.489 e. The van der Waals surface area contributed by atoms with Gasteiger partial charge >= 0.3 is 5.97 Å². The average molecular weight is 456 g/mol. The second-order valence-corrected chi connectivity index (χ2v) is 10.8. The first-order valence-electron chi connectivity index (χ1n) is 12.3. The van der Waals surface area contributed by atoms with Gasteiger partial charge < -0.3 is 9.84 Å². The van der Waals surface area contributed by atoms with Crippen molar-refractivity contribution in [3.63, 3.8) is 0 Å². The maximum absolute atomic E-state index is 11.5. The lowest BCUT2D eigenvalue weighted by atomic mass is 9.88. The Morgan fingerprint density at radius 3 is 2.41 bits per heavy atom. The fourth-order valence-corrected chi connectivity index (χ4v) is 6.67. The Hall–Kier alpha value is -1.78. The third-order valence-electron chi connectivity index (χ3n) is 8.27. The Bertz CT molecular complexity index is 986. The van der Waals surface area contributed by atoms with E-state index < -0.39 is 5.97 Å². The van der Waals surface area contributed by atoms with E-state index in [0.29, 0.717) is 17.1 Å². The van der Waals surface area contributed by atoms with Crippen molar-refractivity contribution < 1.29 is 14.6 Å². The highest BCUT2D eigenvalue weighted by Crippen LogP contribution is 2.44. The highest BCUT2D eigenvalue weighted by Gasteiger charge is 2.45. The molecule has 0 spiro atoms. The fraction of sp³-hybridized carbons (Fsp3) is 0.593. The summed E-state index contributed by atoms with van der Waals surface area (Å²) >= 11 is 6.78. The number of fused-ring (bicyclic) bond motifs is 3. The molecule has 3 atom stereocenters. The number of halogens is 1. The fourth-order valence-electron chi connectivity index (χ4n) is 6.39. The van der Waals surface area contributed by atoms with Gasteiger partial charge in [0.2, 0.25) is 0 Å². The van der Waals surface area contributed by atoms with E-state index in [9.17, 15) is 9.90 Å². The van der Waals surface area contributed by atoms with Crippen LogP contribution >= 0.6 is 11.6 Å². The number of benzene rings is 2. The predicted molar refractivity (Wildman–Crippen MR) is 128 cm³/mol. The molecule has 2 aliphatic heterocycles. The third-order valence-corrected chi connectivity index (χ3v) is 8.66. The molecule has 3 unspecified atom stereocenters. The van der Waals surface area contributed by atoms with Crippen molar-refractivity contribution in [3.8, 4) is 5.75 Å². The molecule has 2 saturated heterocycles. The number of piperidine rings is 1. The number of carboxylic acids is 1. The maximum atomic E-state index is 11.5. The molecule has 1 saturated carbocycles. The summed E-state index contributed by atoms with van der Waals surface area (Å²) < 4.78 is 6.29. The van der Waals surface area contributed by atoms with Crippen LogP contribution in [0.3, 0.4) is 0 Å². The van der Waals surface area contributed by atoms with Gasteiger partial charge in [-0.05, 0) is 87.3 Å². The summed E-state index contributed by atoms with van der Waals surface area (Å²) in [5.74, 6) is 0.785. The van der Waals surface area contributed by atoms with Crippen LogP contribution in [0.25, 0.3) is 10.8 Å². The molecule has 3 aliphatic rings. The smallest absolute Gasteiger partial charge is 0.306 e. The molecule has 0 aromatic heterocycles. The second kappa shape index (κ2) is 8.87. The van der Waals surface area contributed by atoms with E-state index in [1.165, 1.54) is 18.4 Å². The summed E-state index contributed by atoms with van der Waals surface area (Å²) in [5, 5.41) is 12.4. The number of ether oxygens (including phenoxy) is 1. The van der Waals surface area contributed by atoms with Gasteiger partial charge in [-0.3, -0.25) is 9.69 Å². The first-order valence-corrected chi connectivity index (χ1v) is 12.7. The van der Waals surface area contributed by atoms with Gasteiger partial charge in [-0.2, -0.15) is 0 Å². The van der Waals surface area contributed by atoms with Gasteiger partial charge in [0.25, 0.3) is 0 Å². The lowest BCUT2D eigenvalue weighted by molar-refractivity contribution is -0.144. The third kappa shape index (κ3) is 4.12. The number of carbonyl (C=O) groups is 1. The summed E-state index contributed by atoms with van der Waals surface area (Å²) in [6, 6.07) is 11.7. The van der Waals surface area contributed by atoms with E-state index in [1.807, 2.05) is 6.07 Å². The number of rotatable bonds is 5. The maximum Gasteiger partial charge on any atom is 0.306 e. The summed E-state index contributed by atoms with van der Waals surface area (Å²) in [6.07, 6.45) is 8.69. The number of hydrogen-bond acceptors (Lipinski definition) is 3. The van der Waals surface area contributed by atoms with E-state index >= 15 is 0 Å². The molecule has 2 aromatic carbocycles. The summed E-state index contributed by atoms with van der Waals surface area (Å²) in [5.41, 5.74) is 1.27. The molecular weight excluding hydrogens is 422 g/mol. The molecular formula is C27H34ClNO3. The molecule has 3 fully saturated rings. The molecule has 1 N–H and O–H groups in total. The SMILES string of the molecule is CC1CCC(Oc2ccc3cc(C(C)N4C5CCC4CC(C(=O)O)C5)ccc3c2Cl)CC1. The van der Waals surface area contributed by atoms with Gasteiger partial charge in [0.15, 0.2) is 0 Å². The molecule has 0 amide bonds. The van der Waals surface area contributed by atoms with Crippen molar-refractivity contribution in [1.29, 1.82) is 0 Å². The molecule has 2 aromatic rings. The molecule has 5 rings (SSSR count). The normalized spacial score (nSPS) is 31.5. The van der Waals surface area contributed by atoms with E-state index in [-0.39, 0.29) is 18.1 Å². The van der Waals surface area contributed by atoms with E-state index in [2.05, 4.69) is 43.0 Å². The summed E-state index contributed by atoms with van der Waals surface area (Å²) in [4.78, 5) is 14.1. The van der Waals surface area contributed by atoms with E-state index in [1.54, 1.807) is 0 Å². The minimum absolute atomic E-state index is 0.183. The zero-order valence-corrected chi connectivity index (χ0v) is 19.9. The number of nitrogens with zero attached hydrogens (tertiary/aromatic N) is 1. The summed E-state index contributed by atoms with van der Waals surface area (Å²) in [6.45, 7) is 4.58. The van der Waals surface area contributed by atoms with E-state index in [0.717, 1.165) is 61.0 Å². The Morgan fingerprint density at radius 2 is 1.75 bits per heavy atom. The highest BCUT2D eigenvalue weighted by molar-refractivity contribution is 6.37. The molecule has 4 nitrogen and oxygen atoms in total. The zero-order valence-electron chi connectivity index (χ0n) is 19.1. The second-order valence-electron chi connectivity index (χ2n) is 10.4. The zero-order chi connectivity index (χ0) is 22.4. The van der Waals surface area contributed by atoms with Crippen molar-refractivity contribution in [2.24, 2.45) is 11.8 Å². The van der Waals surface area contributed by atoms with Crippen molar-refractivity contribution >= 4 is 28.3 Å². The summed E-state index contributed by atoms with van der Waals surface area (Å²) in [7, 11) is 0.